The van der Waals surface area contributed by atoms with Crippen LogP contribution in [-0.2, 0) is 14.8 Å². The van der Waals surface area contributed by atoms with E-state index in [-0.39, 0.29) is 18.0 Å². The maximum absolute atomic E-state index is 12.5. The Bertz CT molecular complexity index is 605. The average molecular weight is 311 g/mol. The second-order valence-electron chi connectivity index (χ2n) is 4.63. The van der Waals surface area contributed by atoms with Crippen LogP contribution in [0.5, 0.6) is 0 Å². The van der Waals surface area contributed by atoms with Gasteiger partial charge in [0.1, 0.15) is 0 Å². The van der Waals surface area contributed by atoms with E-state index in [0.717, 1.165) is 5.57 Å². The van der Waals surface area contributed by atoms with Gasteiger partial charge in [-0.05, 0) is 38.1 Å². The molecule has 0 bridgehead atoms. The first-order valence-corrected chi connectivity index (χ1v) is 8.18. The van der Waals surface area contributed by atoms with E-state index in [9.17, 15) is 13.2 Å². The first-order valence-electron chi connectivity index (χ1n) is 6.74. The molecule has 1 aromatic rings. The van der Waals surface area contributed by atoms with Gasteiger partial charge in [-0.25, -0.2) is 13.2 Å². The van der Waals surface area contributed by atoms with Crippen LogP contribution in [0.4, 0.5) is 0 Å². The number of ether oxygens (including phenoxy) is 1. The second-order valence-corrected chi connectivity index (χ2v) is 6.57. The lowest BCUT2D eigenvalue weighted by Gasteiger charge is -2.20. The van der Waals surface area contributed by atoms with Gasteiger partial charge in [0.15, 0.2) is 0 Å². The van der Waals surface area contributed by atoms with Crippen molar-refractivity contribution in [1.29, 1.82) is 0 Å². The second kappa shape index (κ2) is 7.38. The van der Waals surface area contributed by atoms with Gasteiger partial charge in [-0.15, -0.1) is 0 Å². The minimum atomic E-state index is -3.58. The van der Waals surface area contributed by atoms with Gasteiger partial charge < -0.3 is 4.74 Å². The molecule has 0 N–H and O–H groups in total. The van der Waals surface area contributed by atoms with Gasteiger partial charge in [-0.1, -0.05) is 19.1 Å². The Morgan fingerprint density at radius 1 is 1.24 bits per heavy atom. The summed E-state index contributed by atoms with van der Waals surface area (Å²) in [5.74, 6) is -0.462. The molecule has 0 amide bonds. The molecule has 0 atom stereocenters. The first kappa shape index (κ1) is 17.4. The molecule has 0 aliphatic rings. The van der Waals surface area contributed by atoms with E-state index in [1.165, 1.54) is 28.6 Å². The van der Waals surface area contributed by atoms with Crippen molar-refractivity contribution in [3.05, 3.63) is 42.0 Å². The minimum absolute atomic E-state index is 0.152. The highest BCUT2D eigenvalue weighted by molar-refractivity contribution is 7.89. The van der Waals surface area contributed by atoms with Gasteiger partial charge in [0.2, 0.25) is 10.0 Å². The summed E-state index contributed by atoms with van der Waals surface area (Å²) in [5.41, 5.74) is 1.10. The quantitative estimate of drug-likeness (QED) is 0.573. The maximum Gasteiger partial charge on any atom is 0.338 e. The van der Waals surface area contributed by atoms with Gasteiger partial charge >= 0.3 is 5.97 Å². The van der Waals surface area contributed by atoms with E-state index in [4.69, 9.17) is 4.74 Å². The van der Waals surface area contributed by atoms with Crippen molar-refractivity contribution in [2.45, 2.75) is 25.7 Å². The summed E-state index contributed by atoms with van der Waals surface area (Å²) in [7, 11) is -3.58. The minimum Gasteiger partial charge on any atom is -0.462 e. The molecule has 0 saturated carbocycles. The van der Waals surface area contributed by atoms with Crippen LogP contribution < -0.4 is 0 Å². The molecule has 0 unspecified atom stereocenters. The van der Waals surface area contributed by atoms with Crippen molar-refractivity contribution < 1.29 is 17.9 Å². The third-order valence-corrected chi connectivity index (χ3v) is 4.74. The predicted molar refractivity (Wildman–Crippen MR) is 81.6 cm³/mol. The summed E-state index contributed by atoms with van der Waals surface area (Å²) in [4.78, 5) is 11.7. The molecular weight excluding hydrogens is 290 g/mol. The third kappa shape index (κ3) is 4.41. The Labute approximate surface area is 126 Å². The number of esters is 1. The van der Waals surface area contributed by atoms with Crippen molar-refractivity contribution in [2.24, 2.45) is 0 Å². The van der Waals surface area contributed by atoms with Crippen molar-refractivity contribution in [3.63, 3.8) is 0 Å². The van der Waals surface area contributed by atoms with Crippen LogP contribution >= 0.6 is 0 Å². The van der Waals surface area contributed by atoms with E-state index >= 15 is 0 Å². The SMILES string of the molecule is C=C(C)CN(CC)S(=O)(=O)c1ccc(C(=O)OCC)cc1. The molecule has 0 aliphatic heterocycles. The fraction of sp³-hybridized carbons (Fsp3) is 0.400. The highest BCUT2D eigenvalue weighted by Gasteiger charge is 2.23. The third-order valence-electron chi connectivity index (χ3n) is 2.80. The molecule has 0 aliphatic carbocycles. The molecule has 5 nitrogen and oxygen atoms in total. The van der Waals surface area contributed by atoms with Crippen LogP contribution in [0, 0.1) is 0 Å². The monoisotopic (exact) mass is 311 g/mol. The van der Waals surface area contributed by atoms with Crippen LogP contribution in [0.1, 0.15) is 31.1 Å². The smallest absolute Gasteiger partial charge is 0.338 e. The van der Waals surface area contributed by atoms with E-state index in [1.54, 1.807) is 20.8 Å². The lowest BCUT2D eigenvalue weighted by molar-refractivity contribution is 0.0526. The van der Waals surface area contributed by atoms with Crippen molar-refractivity contribution in [1.82, 2.24) is 4.31 Å². The van der Waals surface area contributed by atoms with Gasteiger partial charge in [-0.3, -0.25) is 0 Å². The molecule has 0 spiro atoms. The van der Waals surface area contributed by atoms with Crippen LogP contribution in [0.15, 0.2) is 41.3 Å². The molecule has 6 heteroatoms. The molecule has 0 saturated heterocycles. The standard InChI is InChI=1S/C15H21NO4S/c1-5-16(11-12(3)4)21(18,19)14-9-7-13(8-10-14)15(17)20-6-2/h7-10H,3,5-6,11H2,1-2,4H3. The Kier molecular flexibility index (Phi) is 6.11. The lowest BCUT2D eigenvalue weighted by Crippen LogP contribution is -2.32. The number of rotatable bonds is 7. The van der Waals surface area contributed by atoms with E-state index in [1.807, 2.05) is 0 Å². The zero-order chi connectivity index (χ0) is 16.0. The Morgan fingerprint density at radius 2 is 1.81 bits per heavy atom. The number of hydrogen-bond donors (Lipinski definition) is 0. The number of sulfonamides is 1. The number of carbonyl (C=O) groups excluding carboxylic acids is 1. The highest BCUT2D eigenvalue weighted by atomic mass is 32.2. The number of likely N-dealkylation sites (N-methyl/N-ethyl adjacent to an activating group) is 1. The molecule has 0 aromatic heterocycles. The van der Waals surface area contributed by atoms with E-state index < -0.39 is 16.0 Å². The molecule has 0 radical (unpaired) electrons. The van der Waals surface area contributed by atoms with Crippen molar-refractivity contribution in [3.8, 4) is 0 Å². The average Bonchev–Trinajstić information content (AvgIpc) is 2.44. The Balaban J connectivity index is 3.04. The zero-order valence-electron chi connectivity index (χ0n) is 12.6. The first-order chi connectivity index (χ1) is 9.82. The van der Waals surface area contributed by atoms with Gasteiger partial charge in [-0.2, -0.15) is 4.31 Å². The van der Waals surface area contributed by atoms with Gasteiger partial charge in [0.25, 0.3) is 0 Å². The van der Waals surface area contributed by atoms with Crippen LogP contribution in [0.2, 0.25) is 0 Å². The van der Waals surface area contributed by atoms with Crippen LogP contribution in [0.3, 0.4) is 0 Å². The summed E-state index contributed by atoms with van der Waals surface area (Å²) < 4.78 is 31.2. The number of nitrogens with zero attached hydrogens (tertiary/aromatic N) is 1. The predicted octanol–water partition coefficient (Wildman–Crippen LogP) is 2.45. The van der Waals surface area contributed by atoms with Crippen molar-refractivity contribution >= 4 is 16.0 Å². The maximum atomic E-state index is 12.5. The molecule has 1 rings (SSSR count). The summed E-state index contributed by atoms with van der Waals surface area (Å²) in [6.07, 6.45) is 0. The van der Waals surface area contributed by atoms with Gasteiger partial charge in [0.05, 0.1) is 17.1 Å². The fourth-order valence-electron chi connectivity index (χ4n) is 1.79. The van der Waals surface area contributed by atoms with Crippen molar-refractivity contribution in [2.75, 3.05) is 19.7 Å². The Morgan fingerprint density at radius 3 is 2.24 bits per heavy atom. The topological polar surface area (TPSA) is 63.7 Å². The molecule has 1 aromatic carbocycles. The van der Waals surface area contributed by atoms with Crippen LogP contribution in [0.25, 0.3) is 0 Å². The van der Waals surface area contributed by atoms with Gasteiger partial charge in [0, 0.05) is 13.1 Å². The summed E-state index contributed by atoms with van der Waals surface area (Å²) in [5, 5.41) is 0. The summed E-state index contributed by atoms with van der Waals surface area (Å²) in [6.45, 7) is 9.92. The zero-order valence-corrected chi connectivity index (χ0v) is 13.4. The number of hydrogen-bond acceptors (Lipinski definition) is 4. The lowest BCUT2D eigenvalue weighted by atomic mass is 10.2. The number of benzene rings is 1. The van der Waals surface area contributed by atoms with E-state index in [2.05, 4.69) is 6.58 Å². The largest absolute Gasteiger partial charge is 0.462 e. The fourth-order valence-corrected chi connectivity index (χ4v) is 3.30. The molecule has 116 valence electrons. The summed E-state index contributed by atoms with van der Waals surface area (Å²) >= 11 is 0. The molecule has 0 fully saturated rings. The number of carbonyl (C=O) groups is 1. The Hall–Kier alpha value is -1.66. The molecular formula is C15H21NO4S. The normalized spacial score (nSPS) is 11.4. The highest BCUT2D eigenvalue weighted by Crippen LogP contribution is 2.17. The molecule has 21 heavy (non-hydrogen) atoms. The van der Waals surface area contributed by atoms with Crippen LogP contribution in [-0.4, -0.2) is 38.4 Å². The summed E-state index contributed by atoms with van der Waals surface area (Å²) in [6, 6.07) is 5.75. The van der Waals surface area contributed by atoms with E-state index in [0.29, 0.717) is 12.1 Å². The molecule has 0 heterocycles.